The first-order valence-electron chi connectivity index (χ1n) is 6.81. The summed E-state index contributed by atoms with van der Waals surface area (Å²) in [5, 5.41) is 9.17. The van der Waals surface area contributed by atoms with E-state index < -0.39 is 11.4 Å². The third-order valence-electron chi connectivity index (χ3n) is 3.71. The molecule has 3 N–H and O–H groups in total. The molecule has 1 fully saturated rings. The van der Waals surface area contributed by atoms with Gasteiger partial charge in [-0.1, -0.05) is 0 Å². The van der Waals surface area contributed by atoms with Crippen LogP contribution in [0.15, 0.2) is 18.3 Å². The molecule has 1 aromatic heterocycles. The van der Waals surface area contributed by atoms with E-state index in [9.17, 15) is 9.90 Å². The highest BCUT2D eigenvalue weighted by Gasteiger charge is 2.31. The van der Waals surface area contributed by atoms with Gasteiger partial charge in [0.15, 0.2) is 0 Å². The minimum atomic E-state index is -0.748. The highest BCUT2D eigenvalue weighted by Crippen LogP contribution is 2.20. The molecule has 0 saturated carbocycles. The van der Waals surface area contributed by atoms with Gasteiger partial charge in [-0.2, -0.15) is 0 Å². The lowest BCUT2D eigenvalue weighted by Gasteiger charge is -2.38. The number of anilines is 2. The van der Waals surface area contributed by atoms with E-state index in [0.29, 0.717) is 12.4 Å². The second kappa shape index (κ2) is 5.66. The Morgan fingerprint density at radius 1 is 1.35 bits per heavy atom. The summed E-state index contributed by atoms with van der Waals surface area (Å²) in [5.41, 5.74) is 5.95. The molecule has 1 aliphatic heterocycles. The Labute approximate surface area is 119 Å². The average Bonchev–Trinajstić information content (AvgIpc) is 2.40. The van der Waals surface area contributed by atoms with Crippen molar-refractivity contribution in [2.75, 3.05) is 43.4 Å². The second-order valence-corrected chi connectivity index (χ2v) is 5.89. The van der Waals surface area contributed by atoms with Gasteiger partial charge >= 0.3 is 5.97 Å². The predicted molar refractivity (Wildman–Crippen MR) is 78.7 cm³/mol. The van der Waals surface area contributed by atoms with Crippen LogP contribution in [-0.4, -0.2) is 53.7 Å². The zero-order chi connectivity index (χ0) is 14.8. The molecule has 0 amide bonds. The Morgan fingerprint density at radius 3 is 2.50 bits per heavy atom. The number of rotatable bonds is 4. The van der Waals surface area contributed by atoms with Crippen LogP contribution in [0.1, 0.15) is 13.8 Å². The average molecular weight is 278 g/mol. The van der Waals surface area contributed by atoms with Crippen molar-refractivity contribution >= 4 is 17.5 Å². The maximum atomic E-state index is 11.2. The molecular weight excluding hydrogens is 256 g/mol. The van der Waals surface area contributed by atoms with E-state index >= 15 is 0 Å². The summed E-state index contributed by atoms with van der Waals surface area (Å²) in [7, 11) is 0. The van der Waals surface area contributed by atoms with Crippen LogP contribution in [0.3, 0.4) is 0 Å². The standard InChI is InChI=1S/C14H22N4O2/c1-14(2,13(19)20)10-17-5-7-18(8-6-17)11-3-4-12(15)16-9-11/h3-4,9H,5-8,10H2,1-2H3,(H2,15,16)(H,19,20). The van der Waals surface area contributed by atoms with Gasteiger partial charge in [0.2, 0.25) is 0 Å². The number of carbonyl (C=O) groups is 1. The normalized spacial score (nSPS) is 17.2. The molecule has 2 heterocycles. The molecule has 110 valence electrons. The summed E-state index contributed by atoms with van der Waals surface area (Å²) < 4.78 is 0. The summed E-state index contributed by atoms with van der Waals surface area (Å²) in [6, 6.07) is 3.77. The van der Waals surface area contributed by atoms with Gasteiger partial charge in [-0.25, -0.2) is 4.98 Å². The number of nitrogen functional groups attached to an aromatic ring is 1. The van der Waals surface area contributed by atoms with Gasteiger partial charge in [-0.15, -0.1) is 0 Å². The molecule has 0 radical (unpaired) electrons. The van der Waals surface area contributed by atoms with Crippen molar-refractivity contribution in [1.82, 2.24) is 9.88 Å². The molecule has 6 heteroatoms. The third-order valence-corrected chi connectivity index (χ3v) is 3.71. The predicted octanol–water partition coefficient (Wildman–Crippen LogP) is 0.897. The van der Waals surface area contributed by atoms with E-state index in [0.717, 1.165) is 31.9 Å². The smallest absolute Gasteiger partial charge is 0.310 e. The largest absolute Gasteiger partial charge is 0.481 e. The van der Waals surface area contributed by atoms with Crippen molar-refractivity contribution in [3.8, 4) is 0 Å². The molecule has 0 bridgehead atoms. The molecule has 1 aliphatic rings. The second-order valence-electron chi connectivity index (χ2n) is 5.89. The fourth-order valence-electron chi connectivity index (χ4n) is 2.38. The van der Waals surface area contributed by atoms with Gasteiger partial charge in [-0.05, 0) is 26.0 Å². The van der Waals surface area contributed by atoms with Gasteiger partial charge in [-0.3, -0.25) is 9.69 Å². The minimum Gasteiger partial charge on any atom is -0.481 e. The van der Waals surface area contributed by atoms with Gasteiger partial charge in [0.25, 0.3) is 0 Å². The Balaban J connectivity index is 1.89. The zero-order valence-electron chi connectivity index (χ0n) is 12.0. The van der Waals surface area contributed by atoms with Crippen LogP contribution in [0.4, 0.5) is 11.5 Å². The maximum Gasteiger partial charge on any atom is 0.310 e. The maximum absolute atomic E-state index is 11.2. The number of carboxylic acid groups (broad SMARTS) is 1. The number of piperazine rings is 1. The quantitative estimate of drug-likeness (QED) is 0.851. The van der Waals surface area contributed by atoms with Crippen molar-refractivity contribution in [3.05, 3.63) is 18.3 Å². The van der Waals surface area contributed by atoms with Crippen LogP contribution in [0.5, 0.6) is 0 Å². The lowest BCUT2D eigenvalue weighted by atomic mass is 9.93. The first-order valence-corrected chi connectivity index (χ1v) is 6.81. The summed E-state index contributed by atoms with van der Waals surface area (Å²) >= 11 is 0. The third kappa shape index (κ3) is 3.39. The summed E-state index contributed by atoms with van der Waals surface area (Å²) in [4.78, 5) is 19.7. The Bertz CT molecular complexity index is 465. The summed E-state index contributed by atoms with van der Waals surface area (Å²) in [6.07, 6.45) is 1.78. The zero-order valence-corrected chi connectivity index (χ0v) is 12.0. The number of carboxylic acids is 1. The van der Waals surface area contributed by atoms with Crippen molar-refractivity contribution in [3.63, 3.8) is 0 Å². The SMILES string of the molecule is CC(C)(CN1CCN(c2ccc(N)nc2)CC1)C(=O)O. The van der Waals surface area contributed by atoms with Crippen LogP contribution in [0.2, 0.25) is 0 Å². The number of pyridine rings is 1. The molecule has 0 atom stereocenters. The van der Waals surface area contributed by atoms with Crippen molar-refractivity contribution in [1.29, 1.82) is 0 Å². The van der Waals surface area contributed by atoms with E-state index in [4.69, 9.17) is 5.73 Å². The van der Waals surface area contributed by atoms with Crippen LogP contribution >= 0.6 is 0 Å². The number of hydrogen-bond acceptors (Lipinski definition) is 5. The van der Waals surface area contributed by atoms with E-state index in [1.54, 1.807) is 26.1 Å². The first kappa shape index (κ1) is 14.6. The Morgan fingerprint density at radius 2 is 2.00 bits per heavy atom. The van der Waals surface area contributed by atoms with Crippen molar-refractivity contribution in [2.24, 2.45) is 5.41 Å². The summed E-state index contributed by atoms with van der Waals surface area (Å²) in [6.45, 7) is 7.60. The number of nitrogens with two attached hydrogens (primary N) is 1. The number of aromatic nitrogens is 1. The fourth-order valence-corrected chi connectivity index (χ4v) is 2.38. The fraction of sp³-hybridized carbons (Fsp3) is 0.571. The van der Waals surface area contributed by atoms with Crippen molar-refractivity contribution in [2.45, 2.75) is 13.8 Å². The molecule has 0 spiro atoms. The van der Waals surface area contributed by atoms with Gasteiger partial charge in [0, 0.05) is 32.7 Å². The lowest BCUT2D eigenvalue weighted by molar-refractivity contribution is -0.148. The number of nitrogens with zero attached hydrogens (tertiary/aromatic N) is 3. The topological polar surface area (TPSA) is 82.7 Å². The number of aliphatic carboxylic acids is 1. The van der Waals surface area contributed by atoms with Gasteiger partial charge < -0.3 is 15.7 Å². The highest BCUT2D eigenvalue weighted by atomic mass is 16.4. The van der Waals surface area contributed by atoms with Gasteiger partial charge in [0.05, 0.1) is 17.3 Å². The number of hydrogen-bond donors (Lipinski definition) is 2. The van der Waals surface area contributed by atoms with Crippen molar-refractivity contribution < 1.29 is 9.90 Å². The Hall–Kier alpha value is -1.82. The van der Waals surface area contributed by atoms with E-state index in [1.807, 2.05) is 6.07 Å². The molecular formula is C14H22N4O2. The van der Waals surface area contributed by atoms with Crippen LogP contribution in [-0.2, 0) is 4.79 Å². The molecule has 1 aromatic rings. The van der Waals surface area contributed by atoms with E-state index in [1.165, 1.54) is 0 Å². The van der Waals surface area contributed by atoms with E-state index in [2.05, 4.69) is 14.8 Å². The minimum absolute atomic E-state index is 0.524. The van der Waals surface area contributed by atoms with Crippen LogP contribution in [0, 0.1) is 5.41 Å². The van der Waals surface area contributed by atoms with Crippen LogP contribution in [0.25, 0.3) is 0 Å². The Kier molecular flexibility index (Phi) is 4.13. The molecule has 1 saturated heterocycles. The van der Waals surface area contributed by atoms with Crippen LogP contribution < -0.4 is 10.6 Å². The highest BCUT2D eigenvalue weighted by molar-refractivity contribution is 5.73. The molecule has 0 aliphatic carbocycles. The van der Waals surface area contributed by atoms with E-state index in [-0.39, 0.29) is 0 Å². The molecule has 20 heavy (non-hydrogen) atoms. The molecule has 0 unspecified atom stereocenters. The molecule has 0 aromatic carbocycles. The lowest BCUT2D eigenvalue weighted by Crippen LogP contribution is -2.50. The summed E-state index contributed by atoms with van der Waals surface area (Å²) in [5.74, 6) is -0.224. The van der Waals surface area contributed by atoms with Gasteiger partial charge in [0.1, 0.15) is 5.82 Å². The first-order chi connectivity index (χ1) is 9.38. The molecule has 2 rings (SSSR count). The molecule has 6 nitrogen and oxygen atoms in total. The monoisotopic (exact) mass is 278 g/mol.